The Bertz CT molecular complexity index is 760. The van der Waals surface area contributed by atoms with Crippen LogP contribution in [0.5, 0.6) is 0 Å². The van der Waals surface area contributed by atoms with E-state index < -0.39 is 0 Å². The summed E-state index contributed by atoms with van der Waals surface area (Å²) in [5.74, 6) is 0.445. The van der Waals surface area contributed by atoms with Gasteiger partial charge in [-0.2, -0.15) is 0 Å². The monoisotopic (exact) mass is 404 g/mol. The number of hydrogen-bond acceptors (Lipinski definition) is 5. The molecule has 5 heteroatoms. The molecular weight excluding hydrogens is 368 g/mol. The van der Waals surface area contributed by atoms with Crippen LogP contribution in [-0.4, -0.2) is 36.4 Å². The Morgan fingerprint density at radius 2 is 1.52 bits per heavy atom. The molecule has 1 saturated heterocycles. The standard InChI is InChI=1S/C24H36O5/c1-13(25)27-17-8-9-21(3,4)15-7-10-24-12-22(5,19-20(24)29-19)18(28-14(2)26)11-16(24)23(15,17)6/h15-20H,7-12H2,1-6H3/t15?,16?,17-,18-,19-,20+,22+,23+,24-/m0/s1. The third-order valence-corrected chi connectivity index (χ3v) is 10.0. The molecule has 1 aliphatic heterocycles. The van der Waals surface area contributed by atoms with Crippen molar-refractivity contribution in [3.63, 3.8) is 0 Å². The second-order valence-electron chi connectivity index (χ2n) is 11.9. The molecule has 5 rings (SSSR count). The summed E-state index contributed by atoms with van der Waals surface area (Å²) in [5.41, 5.74) is 0.142. The number of hydrogen-bond donors (Lipinski definition) is 0. The van der Waals surface area contributed by atoms with E-state index in [0.717, 1.165) is 25.7 Å². The lowest BCUT2D eigenvalue weighted by molar-refractivity contribution is -0.241. The number of epoxide rings is 1. The highest BCUT2D eigenvalue weighted by Gasteiger charge is 2.80. The molecule has 2 unspecified atom stereocenters. The number of ether oxygens (including phenoxy) is 3. The molecule has 0 aromatic heterocycles. The van der Waals surface area contributed by atoms with Gasteiger partial charge < -0.3 is 14.2 Å². The predicted octanol–water partition coefficient (Wildman–Crippen LogP) is 4.27. The second kappa shape index (κ2) is 5.77. The van der Waals surface area contributed by atoms with E-state index in [4.69, 9.17) is 14.2 Å². The summed E-state index contributed by atoms with van der Waals surface area (Å²) in [4.78, 5) is 24.0. The van der Waals surface area contributed by atoms with Crippen LogP contribution in [-0.2, 0) is 23.8 Å². The maximum atomic E-state index is 12.0. The van der Waals surface area contributed by atoms with Gasteiger partial charge in [-0.05, 0) is 55.8 Å². The van der Waals surface area contributed by atoms with Crippen LogP contribution in [0.1, 0.15) is 80.1 Å². The Balaban J connectivity index is 1.60. The van der Waals surface area contributed by atoms with Crippen molar-refractivity contribution < 1.29 is 23.8 Å². The SMILES string of the molecule is CC(=O)O[C@H]1CCC(C)(C)C2CC[C@]34C[C@](C)([C@@H](OC(C)=O)CC3[C@@]21C)[C@H]1O[C@H]14. The van der Waals surface area contributed by atoms with Crippen molar-refractivity contribution in [2.24, 2.45) is 33.5 Å². The van der Waals surface area contributed by atoms with Gasteiger partial charge in [0.25, 0.3) is 0 Å². The van der Waals surface area contributed by atoms with Gasteiger partial charge in [-0.3, -0.25) is 9.59 Å². The summed E-state index contributed by atoms with van der Waals surface area (Å²) >= 11 is 0. The molecule has 4 aliphatic carbocycles. The summed E-state index contributed by atoms with van der Waals surface area (Å²) in [7, 11) is 0. The normalized spacial score (nSPS) is 53.9. The van der Waals surface area contributed by atoms with E-state index in [0.29, 0.717) is 11.8 Å². The molecule has 0 N–H and O–H groups in total. The maximum Gasteiger partial charge on any atom is 0.302 e. The molecule has 1 heterocycles. The zero-order chi connectivity index (χ0) is 21.0. The third kappa shape index (κ3) is 2.43. The van der Waals surface area contributed by atoms with E-state index in [1.807, 2.05) is 0 Å². The van der Waals surface area contributed by atoms with Crippen LogP contribution in [0.2, 0.25) is 0 Å². The zero-order valence-corrected chi connectivity index (χ0v) is 18.7. The van der Waals surface area contributed by atoms with Gasteiger partial charge in [-0.15, -0.1) is 0 Å². The molecule has 2 bridgehead atoms. The minimum atomic E-state index is -0.203. The zero-order valence-electron chi connectivity index (χ0n) is 18.7. The fourth-order valence-electron chi connectivity index (χ4n) is 8.98. The first-order valence-electron chi connectivity index (χ1n) is 11.4. The summed E-state index contributed by atoms with van der Waals surface area (Å²) in [6.45, 7) is 12.5. The van der Waals surface area contributed by atoms with Gasteiger partial charge in [0, 0.05) is 30.1 Å². The average molecular weight is 405 g/mol. The van der Waals surface area contributed by atoms with Crippen LogP contribution in [0, 0.1) is 33.5 Å². The largest absolute Gasteiger partial charge is 0.462 e. The van der Waals surface area contributed by atoms with Crippen molar-refractivity contribution in [1.29, 1.82) is 0 Å². The number of carbonyl (C=O) groups excluding carboxylic acids is 2. The first kappa shape index (κ1) is 19.8. The third-order valence-electron chi connectivity index (χ3n) is 10.0. The van der Waals surface area contributed by atoms with Crippen molar-refractivity contribution in [2.45, 2.75) is 104 Å². The van der Waals surface area contributed by atoms with Crippen LogP contribution in [0.25, 0.3) is 0 Å². The molecule has 4 saturated carbocycles. The molecule has 0 amide bonds. The fraction of sp³-hybridized carbons (Fsp3) is 0.917. The molecule has 0 aromatic rings. The number of carbonyl (C=O) groups is 2. The highest BCUT2D eigenvalue weighted by Crippen LogP contribution is 2.78. The van der Waals surface area contributed by atoms with Crippen LogP contribution < -0.4 is 0 Å². The van der Waals surface area contributed by atoms with E-state index in [1.165, 1.54) is 26.7 Å². The first-order chi connectivity index (χ1) is 13.4. The van der Waals surface area contributed by atoms with Crippen molar-refractivity contribution in [3.8, 4) is 0 Å². The van der Waals surface area contributed by atoms with E-state index in [2.05, 4.69) is 27.7 Å². The Labute approximate surface area is 174 Å². The van der Waals surface area contributed by atoms with Gasteiger partial charge in [0.2, 0.25) is 0 Å². The van der Waals surface area contributed by atoms with Crippen molar-refractivity contribution in [3.05, 3.63) is 0 Å². The summed E-state index contributed by atoms with van der Waals surface area (Å²) in [5, 5.41) is 0. The minimum absolute atomic E-state index is 0.0691. The molecule has 162 valence electrons. The molecule has 5 aliphatic rings. The smallest absolute Gasteiger partial charge is 0.302 e. The fourth-order valence-corrected chi connectivity index (χ4v) is 8.98. The van der Waals surface area contributed by atoms with Crippen molar-refractivity contribution in [2.75, 3.05) is 0 Å². The minimum Gasteiger partial charge on any atom is -0.462 e. The van der Waals surface area contributed by atoms with Crippen LogP contribution in [0.15, 0.2) is 0 Å². The van der Waals surface area contributed by atoms with E-state index in [1.54, 1.807) is 0 Å². The van der Waals surface area contributed by atoms with Gasteiger partial charge in [-0.25, -0.2) is 0 Å². The lowest BCUT2D eigenvalue weighted by atomic mass is 9.39. The lowest BCUT2D eigenvalue weighted by Crippen LogP contribution is -2.65. The predicted molar refractivity (Wildman–Crippen MR) is 107 cm³/mol. The Kier molecular flexibility index (Phi) is 3.95. The quantitative estimate of drug-likeness (QED) is 0.508. The lowest BCUT2D eigenvalue weighted by Gasteiger charge is -2.67. The van der Waals surface area contributed by atoms with Gasteiger partial charge in [0.05, 0.1) is 12.2 Å². The Hall–Kier alpha value is -1.10. The van der Waals surface area contributed by atoms with Crippen LogP contribution >= 0.6 is 0 Å². The van der Waals surface area contributed by atoms with Crippen molar-refractivity contribution >= 4 is 11.9 Å². The highest BCUT2D eigenvalue weighted by atomic mass is 16.6. The second-order valence-corrected chi connectivity index (χ2v) is 11.9. The number of esters is 2. The molecule has 1 spiro atoms. The highest BCUT2D eigenvalue weighted by molar-refractivity contribution is 5.66. The maximum absolute atomic E-state index is 12.0. The molecule has 0 radical (unpaired) electrons. The molecule has 5 fully saturated rings. The van der Waals surface area contributed by atoms with Crippen LogP contribution in [0.4, 0.5) is 0 Å². The summed E-state index contributed by atoms with van der Waals surface area (Å²) in [6, 6.07) is 0. The summed E-state index contributed by atoms with van der Waals surface area (Å²) < 4.78 is 18.2. The average Bonchev–Trinajstić information content (AvgIpc) is 3.37. The van der Waals surface area contributed by atoms with E-state index in [9.17, 15) is 9.59 Å². The van der Waals surface area contributed by atoms with Gasteiger partial charge in [0.15, 0.2) is 0 Å². The molecular formula is C24H36O5. The van der Waals surface area contributed by atoms with Gasteiger partial charge >= 0.3 is 11.9 Å². The molecule has 5 nitrogen and oxygen atoms in total. The van der Waals surface area contributed by atoms with E-state index in [-0.39, 0.29) is 58.0 Å². The topological polar surface area (TPSA) is 65.1 Å². The molecule has 0 aromatic carbocycles. The molecule has 29 heavy (non-hydrogen) atoms. The summed E-state index contributed by atoms with van der Waals surface area (Å²) in [6.07, 6.45) is 6.57. The van der Waals surface area contributed by atoms with Gasteiger partial charge in [0.1, 0.15) is 12.2 Å². The number of fused-ring (bicyclic) bond motifs is 5. The van der Waals surface area contributed by atoms with Gasteiger partial charge in [-0.1, -0.05) is 27.7 Å². The van der Waals surface area contributed by atoms with E-state index >= 15 is 0 Å². The Morgan fingerprint density at radius 3 is 2.17 bits per heavy atom. The molecule has 9 atom stereocenters. The number of rotatable bonds is 2. The first-order valence-corrected chi connectivity index (χ1v) is 11.4. The Morgan fingerprint density at radius 1 is 0.862 bits per heavy atom. The van der Waals surface area contributed by atoms with Crippen LogP contribution in [0.3, 0.4) is 0 Å². The van der Waals surface area contributed by atoms with Crippen molar-refractivity contribution in [1.82, 2.24) is 0 Å².